The first kappa shape index (κ1) is 19.1. The fourth-order valence-electron chi connectivity index (χ4n) is 2.47. The minimum absolute atomic E-state index is 0.0124. The maximum absolute atomic E-state index is 12.3. The van der Waals surface area contributed by atoms with Gasteiger partial charge in [0, 0.05) is 10.0 Å². The van der Waals surface area contributed by atoms with Crippen molar-refractivity contribution in [2.75, 3.05) is 0 Å². The van der Waals surface area contributed by atoms with Gasteiger partial charge in [-0.05, 0) is 42.9 Å². The number of carbonyl (C=O) groups excluding carboxylic acids is 1. The number of amides is 1. The van der Waals surface area contributed by atoms with E-state index in [0.717, 1.165) is 15.6 Å². The van der Waals surface area contributed by atoms with Crippen LogP contribution in [0.2, 0.25) is 0 Å². The molecule has 1 aromatic heterocycles. The van der Waals surface area contributed by atoms with Crippen LogP contribution < -0.4 is 16.2 Å². The van der Waals surface area contributed by atoms with E-state index in [4.69, 9.17) is 12.2 Å². The summed E-state index contributed by atoms with van der Waals surface area (Å²) in [5.41, 5.74) is 8.28. The van der Waals surface area contributed by atoms with Crippen molar-refractivity contribution in [1.82, 2.24) is 26.4 Å². The summed E-state index contributed by atoms with van der Waals surface area (Å²) in [6, 6.07) is 19.3. The number of thiocarbonyl (C=S) groups is 1. The average molecular weight is 444 g/mol. The molecular formula is C19H18BrN5OS. The van der Waals surface area contributed by atoms with E-state index in [1.54, 1.807) is 6.07 Å². The molecule has 0 aliphatic rings. The van der Waals surface area contributed by atoms with Crippen LogP contribution in [-0.4, -0.2) is 21.2 Å². The molecule has 2 aromatic carbocycles. The largest absolute Gasteiger partial charge is 0.355 e. The number of aromatic amines is 1. The van der Waals surface area contributed by atoms with Crippen LogP contribution in [0.15, 0.2) is 65.1 Å². The Labute approximate surface area is 170 Å². The van der Waals surface area contributed by atoms with Crippen molar-refractivity contribution < 1.29 is 4.79 Å². The molecule has 6 nitrogen and oxygen atoms in total. The molecule has 0 saturated carbocycles. The number of hydrazine groups is 1. The van der Waals surface area contributed by atoms with Crippen molar-refractivity contribution >= 4 is 39.2 Å². The van der Waals surface area contributed by atoms with Crippen molar-refractivity contribution in [3.8, 4) is 11.3 Å². The van der Waals surface area contributed by atoms with Gasteiger partial charge in [0.15, 0.2) is 5.11 Å². The zero-order valence-electron chi connectivity index (χ0n) is 14.5. The number of H-pyrrole nitrogens is 1. The Bertz CT molecular complexity index is 944. The van der Waals surface area contributed by atoms with E-state index in [1.165, 1.54) is 0 Å². The van der Waals surface area contributed by atoms with Gasteiger partial charge in [-0.3, -0.25) is 20.7 Å². The normalized spacial score (nSPS) is 11.5. The number of carbonyl (C=O) groups is 1. The monoisotopic (exact) mass is 443 g/mol. The fourth-order valence-corrected chi connectivity index (χ4v) is 3.10. The zero-order valence-corrected chi connectivity index (χ0v) is 16.9. The highest BCUT2D eigenvalue weighted by atomic mass is 79.9. The van der Waals surface area contributed by atoms with Crippen LogP contribution >= 0.6 is 28.1 Å². The van der Waals surface area contributed by atoms with Crippen molar-refractivity contribution in [2.24, 2.45) is 0 Å². The summed E-state index contributed by atoms with van der Waals surface area (Å²) in [5, 5.41) is 10.4. The van der Waals surface area contributed by atoms with E-state index >= 15 is 0 Å². The molecule has 0 spiro atoms. The van der Waals surface area contributed by atoms with Crippen LogP contribution in [0, 0.1) is 0 Å². The summed E-state index contributed by atoms with van der Waals surface area (Å²) in [6.45, 7) is 1.99. The number of nitrogens with zero attached hydrogens (tertiary/aromatic N) is 1. The highest BCUT2D eigenvalue weighted by molar-refractivity contribution is 9.10. The Morgan fingerprint density at radius 1 is 1.11 bits per heavy atom. The van der Waals surface area contributed by atoms with Crippen molar-refractivity contribution in [3.05, 3.63) is 76.4 Å². The van der Waals surface area contributed by atoms with Gasteiger partial charge in [-0.25, -0.2) is 0 Å². The van der Waals surface area contributed by atoms with Crippen LogP contribution in [0.5, 0.6) is 0 Å². The molecule has 1 amide bonds. The molecule has 0 aliphatic heterocycles. The van der Waals surface area contributed by atoms with Gasteiger partial charge in [-0.2, -0.15) is 5.10 Å². The van der Waals surface area contributed by atoms with E-state index in [2.05, 4.69) is 42.3 Å². The highest BCUT2D eigenvalue weighted by Gasteiger charge is 2.12. The van der Waals surface area contributed by atoms with Gasteiger partial charge < -0.3 is 5.32 Å². The average Bonchev–Trinajstić information content (AvgIpc) is 3.17. The molecule has 3 rings (SSSR count). The molecule has 1 atom stereocenters. The third-order valence-corrected chi connectivity index (χ3v) is 4.59. The second-order valence-corrected chi connectivity index (χ2v) is 7.19. The molecule has 0 aliphatic carbocycles. The molecule has 0 fully saturated rings. The van der Waals surface area contributed by atoms with Gasteiger partial charge in [0.25, 0.3) is 5.91 Å². The molecule has 8 heteroatoms. The predicted octanol–water partition coefficient (Wildman–Crippen LogP) is 3.71. The molecular weight excluding hydrogens is 426 g/mol. The topological polar surface area (TPSA) is 81.8 Å². The lowest BCUT2D eigenvalue weighted by molar-refractivity contribution is 0.0938. The van der Waals surface area contributed by atoms with E-state index in [-0.39, 0.29) is 11.9 Å². The first-order valence-corrected chi connectivity index (χ1v) is 9.46. The molecule has 0 unspecified atom stereocenters. The molecule has 0 saturated heterocycles. The fraction of sp³-hybridized carbons (Fsp3) is 0.105. The smallest absolute Gasteiger partial charge is 0.287 e. The second kappa shape index (κ2) is 8.79. The number of nitrogens with one attached hydrogen (secondary N) is 4. The maximum atomic E-state index is 12.3. The molecule has 138 valence electrons. The zero-order chi connectivity index (χ0) is 19.2. The van der Waals surface area contributed by atoms with Gasteiger partial charge in [-0.1, -0.05) is 58.4 Å². The maximum Gasteiger partial charge on any atom is 0.287 e. The number of hydrogen-bond donors (Lipinski definition) is 4. The SMILES string of the molecule is C[C@@H](NC(=S)NNC(=O)c1cc(-c2cccc(Br)c2)n[nH]1)c1ccccc1. The summed E-state index contributed by atoms with van der Waals surface area (Å²) in [4.78, 5) is 12.3. The third-order valence-electron chi connectivity index (χ3n) is 3.88. The van der Waals surface area contributed by atoms with Gasteiger partial charge in [-0.15, -0.1) is 0 Å². The van der Waals surface area contributed by atoms with Crippen LogP contribution in [0.1, 0.15) is 29.0 Å². The summed E-state index contributed by atoms with van der Waals surface area (Å²) in [6.07, 6.45) is 0. The first-order valence-electron chi connectivity index (χ1n) is 8.26. The standard InChI is InChI=1S/C19H18BrN5OS/c1-12(13-6-3-2-4-7-13)21-19(27)25-24-18(26)17-11-16(22-23-17)14-8-5-9-15(20)10-14/h2-12H,1H3,(H,22,23)(H,24,26)(H2,21,25,27)/t12-/m1/s1. The summed E-state index contributed by atoms with van der Waals surface area (Å²) in [5.74, 6) is -0.361. The summed E-state index contributed by atoms with van der Waals surface area (Å²) >= 11 is 8.65. The van der Waals surface area contributed by atoms with Crippen LogP contribution in [-0.2, 0) is 0 Å². The molecule has 0 bridgehead atoms. The highest BCUT2D eigenvalue weighted by Crippen LogP contribution is 2.21. The Morgan fingerprint density at radius 3 is 2.63 bits per heavy atom. The Kier molecular flexibility index (Phi) is 6.20. The predicted molar refractivity (Wildman–Crippen MR) is 113 cm³/mol. The van der Waals surface area contributed by atoms with E-state index < -0.39 is 0 Å². The lowest BCUT2D eigenvalue weighted by atomic mass is 10.1. The van der Waals surface area contributed by atoms with Gasteiger partial charge >= 0.3 is 0 Å². The quantitative estimate of drug-likeness (QED) is 0.365. The van der Waals surface area contributed by atoms with Crippen LogP contribution in [0.25, 0.3) is 11.3 Å². The van der Waals surface area contributed by atoms with Crippen LogP contribution in [0.4, 0.5) is 0 Å². The first-order chi connectivity index (χ1) is 13.0. The lowest BCUT2D eigenvalue weighted by Crippen LogP contribution is -2.47. The van der Waals surface area contributed by atoms with Crippen molar-refractivity contribution in [1.29, 1.82) is 0 Å². The van der Waals surface area contributed by atoms with Gasteiger partial charge in [0.2, 0.25) is 0 Å². The Morgan fingerprint density at radius 2 is 1.89 bits per heavy atom. The third kappa shape index (κ3) is 5.15. The minimum atomic E-state index is -0.361. The Hall–Kier alpha value is -2.71. The second-order valence-electron chi connectivity index (χ2n) is 5.86. The number of hydrogen-bond acceptors (Lipinski definition) is 3. The number of halogens is 1. The number of aromatic nitrogens is 2. The molecule has 27 heavy (non-hydrogen) atoms. The van der Waals surface area contributed by atoms with Crippen LogP contribution in [0.3, 0.4) is 0 Å². The molecule has 3 aromatic rings. The Balaban J connectivity index is 1.54. The summed E-state index contributed by atoms with van der Waals surface area (Å²) in [7, 11) is 0. The van der Waals surface area contributed by atoms with Gasteiger partial charge in [0.1, 0.15) is 5.69 Å². The molecule has 1 heterocycles. The van der Waals surface area contributed by atoms with E-state index in [1.807, 2.05) is 61.5 Å². The van der Waals surface area contributed by atoms with E-state index in [0.29, 0.717) is 16.5 Å². The van der Waals surface area contributed by atoms with Crippen molar-refractivity contribution in [2.45, 2.75) is 13.0 Å². The number of benzene rings is 2. The number of rotatable bonds is 4. The lowest BCUT2D eigenvalue weighted by Gasteiger charge is -2.17. The summed E-state index contributed by atoms with van der Waals surface area (Å²) < 4.78 is 0.944. The molecule has 0 radical (unpaired) electrons. The van der Waals surface area contributed by atoms with Crippen molar-refractivity contribution in [3.63, 3.8) is 0 Å². The molecule has 4 N–H and O–H groups in total. The van der Waals surface area contributed by atoms with E-state index in [9.17, 15) is 4.79 Å². The van der Waals surface area contributed by atoms with Gasteiger partial charge in [0.05, 0.1) is 11.7 Å². The minimum Gasteiger partial charge on any atom is -0.355 e.